The summed E-state index contributed by atoms with van der Waals surface area (Å²) in [6.07, 6.45) is 6.06. The zero-order chi connectivity index (χ0) is 20.7. The van der Waals surface area contributed by atoms with Gasteiger partial charge in [0, 0.05) is 22.8 Å². The van der Waals surface area contributed by atoms with E-state index < -0.39 is 23.1 Å². The number of amides is 1. The summed E-state index contributed by atoms with van der Waals surface area (Å²) in [5.74, 6) is -2.67. The van der Waals surface area contributed by atoms with Gasteiger partial charge in [0.05, 0.1) is 16.3 Å². The van der Waals surface area contributed by atoms with E-state index in [1.54, 1.807) is 23.7 Å². The van der Waals surface area contributed by atoms with Gasteiger partial charge in [0.2, 0.25) is 0 Å². The lowest BCUT2D eigenvalue weighted by Gasteiger charge is -2.04. The molecule has 4 aromatic rings. The van der Waals surface area contributed by atoms with Crippen LogP contribution >= 0.6 is 22.7 Å². The number of rotatable bonds is 3. The van der Waals surface area contributed by atoms with Crippen LogP contribution in [0.2, 0.25) is 0 Å². The minimum absolute atomic E-state index is 0.302. The van der Waals surface area contributed by atoms with Crippen molar-refractivity contribution < 1.29 is 13.6 Å². The summed E-state index contributed by atoms with van der Waals surface area (Å²) in [5.41, 5.74) is 2.04. The second-order valence-corrected chi connectivity index (χ2v) is 8.81. The minimum atomic E-state index is -0.909. The molecule has 0 spiro atoms. The number of thiazole rings is 2. The molecule has 1 amide bonds. The molecule has 0 saturated heterocycles. The molecule has 1 aliphatic rings. The van der Waals surface area contributed by atoms with E-state index in [0.29, 0.717) is 5.13 Å². The summed E-state index contributed by atoms with van der Waals surface area (Å²) in [5, 5.41) is 3.73. The molecule has 9 heteroatoms. The number of carbonyl (C=O) groups excluding carboxylic acids is 1. The summed E-state index contributed by atoms with van der Waals surface area (Å²) in [4.78, 5) is 28.0. The molecule has 0 atom stereocenters. The highest BCUT2D eigenvalue weighted by molar-refractivity contribution is 7.20. The molecule has 0 bridgehead atoms. The average Bonchev–Trinajstić information content (AvgIpc) is 3.29. The van der Waals surface area contributed by atoms with E-state index in [-0.39, 0.29) is 0 Å². The molecule has 0 aliphatic heterocycles. The van der Waals surface area contributed by atoms with E-state index in [4.69, 9.17) is 4.98 Å². The highest BCUT2D eigenvalue weighted by Crippen LogP contribution is 2.42. The van der Waals surface area contributed by atoms with Crippen molar-refractivity contribution in [2.24, 2.45) is 0 Å². The molecule has 1 N–H and O–H groups in total. The Balaban J connectivity index is 1.49. The Morgan fingerprint density at radius 3 is 2.63 bits per heavy atom. The number of halogens is 2. The first-order valence-corrected chi connectivity index (χ1v) is 10.9. The Kier molecular flexibility index (Phi) is 4.84. The Bertz CT molecular complexity index is 1230. The molecule has 3 heterocycles. The Labute approximate surface area is 178 Å². The lowest BCUT2D eigenvalue weighted by molar-refractivity contribution is 0.101. The van der Waals surface area contributed by atoms with Crippen LogP contribution in [-0.2, 0) is 12.8 Å². The van der Waals surface area contributed by atoms with Crippen LogP contribution in [0.3, 0.4) is 0 Å². The summed E-state index contributed by atoms with van der Waals surface area (Å²) in [7, 11) is 0. The normalized spacial score (nSPS) is 12.7. The van der Waals surface area contributed by atoms with E-state index in [1.807, 2.05) is 12.1 Å². The third kappa shape index (κ3) is 3.40. The quantitative estimate of drug-likeness (QED) is 0.466. The predicted molar refractivity (Wildman–Crippen MR) is 113 cm³/mol. The fourth-order valence-electron chi connectivity index (χ4n) is 3.36. The second-order valence-electron chi connectivity index (χ2n) is 6.73. The first-order valence-electron chi connectivity index (χ1n) is 9.25. The van der Waals surface area contributed by atoms with Gasteiger partial charge in [-0.25, -0.2) is 18.7 Å². The number of pyridine rings is 1. The number of nitrogens with one attached hydrogen (secondary N) is 1. The molecule has 1 aliphatic carbocycles. The number of fused-ring (bicyclic) bond motifs is 3. The van der Waals surface area contributed by atoms with Gasteiger partial charge in [-0.15, -0.1) is 11.3 Å². The number of anilines is 1. The predicted octanol–water partition coefficient (Wildman–Crippen LogP) is 5.35. The van der Waals surface area contributed by atoms with Crippen molar-refractivity contribution in [2.75, 3.05) is 5.32 Å². The molecule has 0 saturated carbocycles. The lowest BCUT2D eigenvalue weighted by atomic mass is 10.2. The van der Waals surface area contributed by atoms with Crippen LogP contribution in [0, 0.1) is 11.6 Å². The van der Waals surface area contributed by atoms with Gasteiger partial charge in [-0.3, -0.25) is 15.1 Å². The molecule has 5 rings (SSSR count). The van der Waals surface area contributed by atoms with Crippen LogP contribution in [-0.4, -0.2) is 20.9 Å². The number of hydrogen-bond donors (Lipinski definition) is 1. The molecular weight excluding hydrogens is 426 g/mol. The van der Waals surface area contributed by atoms with E-state index in [1.165, 1.54) is 17.4 Å². The molecule has 0 radical (unpaired) electrons. The first kappa shape index (κ1) is 19.0. The summed E-state index contributed by atoms with van der Waals surface area (Å²) >= 11 is 2.91. The second kappa shape index (κ2) is 7.66. The zero-order valence-corrected chi connectivity index (χ0v) is 17.1. The van der Waals surface area contributed by atoms with Gasteiger partial charge in [-0.05, 0) is 43.5 Å². The monoisotopic (exact) mass is 440 g/mol. The molecule has 3 aromatic heterocycles. The fourth-order valence-corrected chi connectivity index (χ4v) is 5.55. The molecule has 5 nitrogen and oxygen atoms in total. The van der Waals surface area contributed by atoms with Crippen molar-refractivity contribution in [2.45, 2.75) is 19.3 Å². The minimum Gasteiger partial charge on any atom is -0.298 e. The number of hydrogen-bond acceptors (Lipinski definition) is 6. The van der Waals surface area contributed by atoms with Gasteiger partial charge in [-0.2, -0.15) is 0 Å². The van der Waals surface area contributed by atoms with Crippen LogP contribution in [0.25, 0.3) is 21.1 Å². The molecule has 0 unspecified atom stereocenters. The number of benzene rings is 1. The SMILES string of the molecule is O=C(Nc1nc2c(s1)-c1nc(-c3cccnc3)sc1CCC2)c1c(F)cccc1F. The molecule has 1 aromatic carbocycles. The Morgan fingerprint density at radius 1 is 1.03 bits per heavy atom. The fraction of sp³-hybridized carbons (Fsp3) is 0.143. The van der Waals surface area contributed by atoms with E-state index in [0.717, 1.165) is 63.1 Å². The van der Waals surface area contributed by atoms with Gasteiger partial charge in [0.25, 0.3) is 5.91 Å². The standard InChI is InChI=1S/C21H14F2N4OS2/c22-12-5-1-6-13(23)16(12)19(28)27-21-25-14-7-2-8-15-17(18(14)30-21)26-20(29-15)11-4-3-9-24-10-11/h1,3-6,9-10H,2,7-8H2,(H,25,27,28). The highest BCUT2D eigenvalue weighted by atomic mass is 32.1. The topological polar surface area (TPSA) is 67.8 Å². The van der Waals surface area contributed by atoms with Gasteiger partial charge in [-0.1, -0.05) is 17.4 Å². The van der Waals surface area contributed by atoms with Crippen LogP contribution in [0.4, 0.5) is 13.9 Å². The largest absolute Gasteiger partial charge is 0.298 e. The maximum atomic E-state index is 13.9. The van der Waals surface area contributed by atoms with Crippen LogP contribution in [0.1, 0.15) is 27.3 Å². The number of carbonyl (C=O) groups is 1. The van der Waals surface area contributed by atoms with Crippen molar-refractivity contribution in [1.29, 1.82) is 0 Å². The summed E-state index contributed by atoms with van der Waals surface area (Å²) in [6.45, 7) is 0. The first-order chi connectivity index (χ1) is 14.6. The van der Waals surface area contributed by atoms with Crippen LogP contribution in [0.15, 0.2) is 42.7 Å². The van der Waals surface area contributed by atoms with E-state index in [9.17, 15) is 13.6 Å². The van der Waals surface area contributed by atoms with Crippen molar-refractivity contribution in [3.8, 4) is 21.1 Å². The van der Waals surface area contributed by atoms with Gasteiger partial charge in [0.1, 0.15) is 22.2 Å². The third-order valence-corrected chi connectivity index (χ3v) is 6.93. The van der Waals surface area contributed by atoms with Crippen molar-refractivity contribution in [3.05, 3.63) is 70.5 Å². The van der Waals surface area contributed by atoms with Crippen LogP contribution in [0.5, 0.6) is 0 Å². The zero-order valence-electron chi connectivity index (χ0n) is 15.5. The van der Waals surface area contributed by atoms with Crippen molar-refractivity contribution in [3.63, 3.8) is 0 Å². The highest BCUT2D eigenvalue weighted by Gasteiger charge is 2.25. The molecule has 150 valence electrons. The van der Waals surface area contributed by atoms with Gasteiger partial charge in [0.15, 0.2) is 5.13 Å². The summed E-state index contributed by atoms with van der Waals surface area (Å²) < 4.78 is 27.8. The molecular formula is C21H14F2N4OS2. The van der Waals surface area contributed by atoms with Gasteiger partial charge >= 0.3 is 0 Å². The lowest BCUT2D eigenvalue weighted by Crippen LogP contribution is -2.15. The molecule has 30 heavy (non-hydrogen) atoms. The number of aromatic nitrogens is 3. The maximum Gasteiger partial charge on any atom is 0.263 e. The Hall–Kier alpha value is -3.04. The van der Waals surface area contributed by atoms with Crippen molar-refractivity contribution in [1.82, 2.24) is 15.0 Å². The molecule has 0 fully saturated rings. The average molecular weight is 441 g/mol. The Morgan fingerprint density at radius 2 is 1.87 bits per heavy atom. The van der Waals surface area contributed by atoms with E-state index >= 15 is 0 Å². The smallest absolute Gasteiger partial charge is 0.263 e. The number of nitrogens with zero attached hydrogens (tertiary/aromatic N) is 3. The summed E-state index contributed by atoms with van der Waals surface area (Å²) in [6, 6.07) is 7.16. The van der Waals surface area contributed by atoms with Gasteiger partial charge < -0.3 is 0 Å². The maximum absolute atomic E-state index is 13.9. The van der Waals surface area contributed by atoms with Crippen LogP contribution < -0.4 is 5.32 Å². The van der Waals surface area contributed by atoms with E-state index in [2.05, 4.69) is 15.3 Å². The number of aryl methyl sites for hydroxylation is 2. The third-order valence-electron chi connectivity index (χ3n) is 4.75. The van der Waals surface area contributed by atoms with Crippen molar-refractivity contribution >= 4 is 33.7 Å².